The number of hydrogen-bond acceptors (Lipinski definition) is 4. The number of nitrogens with zero attached hydrogens (tertiary/aromatic N) is 3. The van der Waals surface area contributed by atoms with Gasteiger partial charge in [-0.15, -0.1) is 0 Å². The molecule has 7 heteroatoms. The highest BCUT2D eigenvalue weighted by atomic mass is 16.2. The lowest BCUT2D eigenvalue weighted by Crippen LogP contribution is -2.52. The highest BCUT2D eigenvalue weighted by Crippen LogP contribution is 2.15. The second-order valence-corrected chi connectivity index (χ2v) is 6.23. The molecule has 0 aliphatic carbocycles. The zero-order chi connectivity index (χ0) is 17.6. The molecule has 2 amide bonds. The fraction of sp³-hybridized carbons (Fsp3) is 0.389. The third-order valence-electron chi connectivity index (χ3n) is 4.31. The number of piperazine rings is 1. The monoisotopic (exact) mass is 341 g/mol. The van der Waals surface area contributed by atoms with Gasteiger partial charge in [-0.05, 0) is 25.1 Å². The number of amides is 2. The van der Waals surface area contributed by atoms with Crippen LogP contribution in [0, 0.1) is 0 Å². The van der Waals surface area contributed by atoms with Gasteiger partial charge in [0.25, 0.3) is 5.91 Å². The van der Waals surface area contributed by atoms with E-state index in [-0.39, 0.29) is 17.9 Å². The molecular formula is C18H23N5O2. The zero-order valence-electron chi connectivity index (χ0n) is 14.3. The molecule has 0 spiro atoms. The normalized spacial score (nSPS) is 17.3. The molecule has 1 fully saturated rings. The van der Waals surface area contributed by atoms with E-state index in [2.05, 4.69) is 15.6 Å². The van der Waals surface area contributed by atoms with Crippen molar-refractivity contribution in [3.63, 3.8) is 0 Å². The molecule has 3 rings (SSSR count). The Labute approximate surface area is 147 Å². The Kier molecular flexibility index (Phi) is 5.45. The Morgan fingerprint density at radius 1 is 1.40 bits per heavy atom. The molecule has 2 heterocycles. The fourth-order valence-electron chi connectivity index (χ4n) is 2.91. The average molecular weight is 341 g/mol. The summed E-state index contributed by atoms with van der Waals surface area (Å²) in [5.74, 6) is -0.0858. The van der Waals surface area contributed by atoms with Crippen LogP contribution in [-0.4, -0.2) is 51.9 Å². The summed E-state index contributed by atoms with van der Waals surface area (Å²) >= 11 is 0. The second kappa shape index (κ2) is 7.94. The molecular weight excluding hydrogens is 318 g/mol. The minimum Gasteiger partial charge on any atom is -0.337 e. The van der Waals surface area contributed by atoms with Crippen LogP contribution >= 0.6 is 0 Å². The van der Waals surface area contributed by atoms with Crippen LogP contribution < -0.4 is 10.6 Å². The number of aromatic nitrogens is 2. The number of anilines is 1. The number of imidazole rings is 1. The maximum absolute atomic E-state index is 12.7. The Morgan fingerprint density at radius 2 is 2.28 bits per heavy atom. The van der Waals surface area contributed by atoms with E-state index in [4.69, 9.17) is 0 Å². The van der Waals surface area contributed by atoms with Crippen molar-refractivity contribution in [1.29, 1.82) is 0 Å². The van der Waals surface area contributed by atoms with Crippen LogP contribution in [-0.2, 0) is 11.3 Å². The van der Waals surface area contributed by atoms with Crippen LogP contribution in [0.3, 0.4) is 0 Å². The van der Waals surface area contributed by atoms with E-state index in [9.17, 15) is 9.59 Å². The van der Waals surface area contributed by atoms with Crippen molar-refractivity contribution in [2.75, 3.05) is 25.0 Å². The van der Waals surface area contributed by atoms with Gasteiger partial charge in [-0.3, -0.25) is 9.59 Å². The highest BCUT2D eigenvalue weighted by Gasteiger charge is 2.24. The third-order valence-corrected chi connectivity index (χ3v) is 4.31. The average Bonchev–Trinajstić information content (AvgIpc) is 3.14. The molecule has 2 N–H and O–H groups in total. The van der Waals surface area contributed by atoms with Crippen LogP contribution in [0.2, 0.25) is 0 Å². The lowest BCUT2D eigenvalue weighted by molar-refractivity contribution is -0.116. The van der Waals surface area contributed by atoms with E-state index in [0.29, 0.717) is 30.8 Å². The van der Waals surface area contributed by atoms with E-state index in [1.807, 2.05) is 22.6 Å². The molecule has 1 aromatic carbocycles. The minimum absolute atomic E-state index is 0.00325. The molecule has 1 aromatic heterocycles. The maximum Gasteiger partial charge on any atom is 0.254 e. The zero-order valence-corrected chi connectivity index (χ0v) is 14.3. The summed E-state index contributed by atoms with van der Waals surface area (Å²) in [4.78, 5) is 30.6. The lowest BCUT2D eigenvalue weighted by atomic mass is 10.1. The quantitative estimate of drug-likeness (QED) is 0.860. The number of aryl methyl sites for hydroxylation is 1. The summed E-state index contributed by atoms with van der Waals surface area (Å²) in [5.41, 5.74) is 1.24. The fourth-order valence-corrected chi connectivity index (χ4v) is 2.91. The molecule has 132 valence electrons. The summed E-state index contributed by atoms with van der Waals surface area (Å²) in [6.07, 6.45) is 5.54. The van der Waals surface area contributed by atoms with E-state index in [0.717, 1.165) is 13.1 Å². The Hall–Kier alpha value is -2.67. The molecule has 1 saturated heterocycles. The van der Waals surface area contributed by atoms with Crippen molar-refractivity contribution in [3.05, 3.63) is 48.5 Å². The standard InChI is InChI=1S/C18H23N5O2/c1-14-12-19-7-10-23(14)18(25)15-3-2-4-16(11-15)21-17(24)5-8-22-9-6-20-13-22/h2-4,6,9,11,13-14,19H,5,7-8,10,12H2,1H3,(H,21,24)/t14-/m1/s1. The van der Waals surface area contributed by atoms with Crippen LogP contribution in [0.15, 0.2) is 43.0 Å². The van der Waals surface area contributed by atoms with Gasteiger partial charge < -0.3 is 20.1 Å². The summed E-state index contributed by atoms with van der Waals surface area (Å²) in [5, 5.41) is 6.13. The summed E-state index contributed by atoms with van der Waals surface area (Å²) < 4.78 is 1.85. The van der Waals surface area contributed by atoms with Gasteiger partial charge in [0.15, 0.2) is 0 Å². The molecule has 25 heavy (non-hydrogen) atoms. The molecule has 0 saturated carbocycles. The first-order chi connectivity index (χ1) is 12.1. The summed E-state index contributed by atoms with van der Waals surface area (Å²) in [7, 11) is 0. The Balaban J connectivity index is 1.60. The lowest BCUT2D eigenvalue weighted by Gasteiger charge is -2.34. The second-order valence-electron chi connectivity index (χ2n) is 6.23. The van der Waals surface area contributed by atoms with Crippen LogP contribution in [0.1, 0.15) is 23.7 Å². The van der Waals surface area contributed by atoms with Crippen molar-refractivity contribution >= 4 is 17.5 Å². The topological polar surface area (TPSA) is 79.3 Å². The first-order valence-electron chi connectivity index (χ1n) is 8.51. The van der Waals surface area contributed by atoms with Gasteiger partial charge in [0.2, 0.25) is 5.91 Å². The highest BCUT2D eigenvalue weighted by molar-refractivity contribution is 5.97. The molecule has 1 aliphatic rings. The molecule has 1 atom stereocenters. The van der Waals surface area contributed by atoms with Gasteiger partial charge in [0, 0.05) is 62.3 Å². The van der Waals surface area contributed by atoms with Gasteiger partial charge in [-0.25, -0.2) is 4.98 Å². The predicted octanol–water partition coefficient (Wildman–Crippen LogP) is 1.35. The smallest absolute Gasteiger partial charge is 0.254 e. The van der Waals surface area contributed by atoms with Gasteiger partial charge >= 0.3 is 0 Å². The molecule has 2 aromatic rings. The van der Waals surface area contributed by atoms with E-state index < -0.39 is 0 Å². The SMILES string of the molecule is C[C@@H]1CNCCN1C(=O)c1cccc(NC(=O)CCn2ccnc2)c1. The number of hydrogen-bond donors (Lipinski definition) is 2. The van der Waals surface area contributed by atoms with Crippen molar-refractivity contribution in [2.24, 2.45) is 0 Å². The van der Waals surface area contributed by atoms with Gasteiger partial charge in [0.05, 0.1) is 6.33 Å². The Morgan fingerprint density at radius 3 is 3.04 bits per heavy atom. The van der Waals surface area contributed by atoms with Crippen molar-refractivity contribution in [2.45, 2.75) is 25.9 Å². The summed E-state index contributed by atoms with van der Waals surface area (Å²) in [6, 6.07) is 7.29. The largest absolute Gasteiger partial charge is 0.337 e. The van der Waals surface area contributed by atoms with Crippen molar-refractivity contribution in [1.82, 2.24) is 19.8 Å². The van der Waals surface area contributed by atoms with Crippen LogP contribution in [0.5, 0.6) is 0 Å². The van der Waals surface area contributed by atoms with Gasteiger partial charge in [0.1, 0.15) is 0 Å². The minimum atomic E-state index is -0.0890. The predicted molar refractivity (Wildman–Crippen MR) is 95.3 cm³/mol. The van der Waals surface area contributed by atoms with Crippen LogP contribution in [0.25, 0.3) is 0 Å². The molecule has 7 nitrogen and oxygen atoms in total. The van der Waals surface area contributed by atoms with E-state index in [1.54, 1.807) is 36.8 Å². The number of benzene rings is 1. The van der Waals surface area contributed by atoms with Crippen LogP contribution in [0.4, 0.5) is 5.69 Å². The van der Waals surface area contributed by atoms with Gasteiger partial charge in [-0.2, -0.15) is 0 Å². The first kappa shape index (κ1) is 17.2. The van der Waals surface area contributed by atoms with Crippen molar-refractivity contribution in [3.8, 4) is 0 Å². The Bertz CT molecular complexity index is 729. The number of rotatable bonds is 5. The maximum atomic E-state index is 12.7. The molecule has 1 aliphatic heterocycles. The molecule has 0 radical (unpaired) electrons. The number of carbonyl (C=O) groups is 2. The summed E-state index contributed by atoms with van der Waals surface area (Å²) in [6.45, 7) is 4.91. The van der Waals surface area contributed by atoms with Gasteiger partial charge in [-0.1, -0.05) is 6.07 Å². The first-order valence-corrected chi connectivity index (χ1v) is 8.51. The number of nitrogens with one attached hydrogen (secondary N) is 2. The van der Waals surface area contributed by atoms with E-state index in [1.165, 1.54) is 0 Å². The van der Waals surface area contributed by atoms with Crippen molar-refractivity contribution < 1.29 is 9.59 Å². The molecule has 0 unspecified atom stereocenters. The number of carbonyl (C=O) groups excluding carboxylic acids is 2. The van der Waals surface area contributed by atoms with E-state index >= 15 is 0 Å². The molecule has 0 bridgehead atoms. The third kappa shape index (κ3) is 4.45.